The summed E-state index contributed by atoms with van der Waals surface area (Å²) in [6, 6.07) is 11.6. The summed E-state index contributed by atoms with van der Waals surface area (Å²) in [5, 5.41) is 1.15. The maximum Gasteiger partial charge on any atom is 0.329 e. The Morgan fingerprint density at radius 1 is 1.25 bits per heavy atom. The average molecular weight is 268 g/mol. The van der Waals surface area contributed by atoms with E-state index >= 15 is 0 Å². The smallest absolute Gasteiger partial charge is 0.329 e. The minimum Gasteiger partial charge on any atom is -0.467 e. The number of carbonyl (C=O) groups excluding carboxylic acids is 1. The zero-order valence-electron chi connectivity index (χ0n) is 11.2. The van der Waals surface area contributed by atoms with Crippen LogP contribution in [0.3, 0.4) is 0 Å². The number of nitrogens with zero attached hydrogens (tertiary/aromatic N) is 1. The molecule has 0 bridgehead atoms. The standard InChI is InChI=1S/C16H16N2O2/c1-20-16(19)15(18-8-4-5-9-18)10-12-11-17-14-7-3-2-6-13(12)14/h2-9,11,15,17H,10H2,1H3/t15-/m0/s1. The lowest BCUT2D eigenvalue weighted by atomic mass is 10.0. The molecule has 102 valence electrons. The predicted octanol–water partition coefficient (Wildman–Crippen LogP) is 2.93. The van der Waals surface area contributed by atoms with E-state index in [0.717, 1.165) is 16.5 Å². The minimum absolute atomic E-state index is 0.230. The van der Waals surface area contributed by atoms with Gasteiger partial charge in [0, 0.05) is 35.9 Å². The first-order valence-corrected chi connectivity index (χ1v) is 6.55. The lowest BCUT2D eigenvalue weighted by Gasteiger charge is -2.16. The van der Waals surface area contributed by atoms with Crippen LogP contribution in [0.5, 0.6) is 0 Å². The quantitative estimate of drug-likeness (QED) is 0.739. The molecule has 0 saturated carbocycles. The SMILES string of the molecule is COC(=O)[C@H](Cc1c[nH]c2ccccc12)n1cccc1. The maximum atomic E-state index is 12.0. The first kappa shape index (κ1) is 12.5. The van der Waals surface area contributed by atoms with Crippen molar-refractivity contribution in [2.24, 2.45) is 0 Å². The van der Waals surface area contributed by atoms with Crippen LogP contribution in [0.4, 0.5) is 0 Å². The van der Waals surface area contributed by atoms with Crippen molar-refractivity contribution in [3.8, 4) is 0 Å². The minimum atomic E-state index is -0.339. The Labute approximate surface area is 117 Å². The zero-order valence-corrected chi connectivity index (χ0v) is 11.2. The fourth-order valence-electron chi connectivity index (χ4n) is 2.51. The first-order valence-electron chi connectivity index (χ1n) is 6.55. The number of esters is 1. The number of methoxy groups -OCH3 is 1. The predicted molar refractivity (Wildman–Crippen MR) is 77.5 cm³/mol. The molecular weight excluding hydrogens is 252 g/mol. The Kier molecular flexibility index (Phi) is 3.29. The molecular formula is C16H16N2O2. The van der Waals surface area contributed by atoms with Crippen LogP contribution in [0.1, 0.15) is 11.6 Å². The Morgan fingerprint density at radius 2 is 2.00 bits per heavy atom. The Hall–Kier alpha value is -2.49. The fourth-order valence-corrected chi connectivity index (χ4v) is 2.51. The summed E-state index contributed by atoms with van der Waals surface area (Å²) in [6.07, 6.45) is 6.34. The molecule has 20 heavy (non-hydrogen) atoms. The number of rotatable bonds is 4. The van der Waals surface area contributed by atoms with Crippen molar-refractivity contribution >= 4 is 16.9 Å². The van der Waals surface area contributed by atoms with Gasteiger partial charge in [0.25, 0.3) is 0 Å². The van der Waals surface area contributed by atoms with E-state index in [2.05, 4.69) is 11.1 Å². The summed E-state index contributed by atoms with van der Waals surface area (Å²) >= 11 is 0. The molecule has 2 heterocycles. The molecule has 4 nitrogen and oxygen atoms in total. The highest BCUT2D eigenvalue weighted by atomic mass is 16.5. The molecule has 4 heteroatoms. The fraction of sp³-hybridized carbons (Fsp3) is 0.188. The molecule has 1 N–H and O–H groups in total. The van der Waals surface area contributed by atoms with E-state index in [-0.39, 0.29) is 12.0 Å². The number of benzene rings is 1. The molecule has 0 amide bonds. The van der Waals surface area contributed by atoms with Crippen molar-refractivity contribution < 1.29 is 9.53 Å². The second-order valence-electron chi connectivity index (χ2n) is 4.73. The normalized spacial score (nSPS) is 12.4. The second-order valence-corrected chi connectivity index (χ2v) is 4.73. The third kappa shape index (κ3) is 2.20. The summed E-state index contributed by atoms with van der Waals surface area (Å²) in [7, 11) is 1.42. The Morgan fingerprint density at radius 3 is 2.75 bits per heavy atom. The van der Waals surface area contributed by atoms with E-state index in [9.17, 15) is 4.79 Å². The summed E-state index contributed by atoms with van der Waals surface area (Å²) in [6.45, 7) is 0. The topological polar surface area (TPSA) is 47.0 Å². The van der Waals surface area contributed by atoms with Gasteiger partial charge < -0.3 is 14.3 Å². The molecule has 3 aromatic rings. The van der Waals surface area contributed by atoms with Gasteiger partial charge in [-0.15, -0.1) is 0 Å². The third-order valence-corrected chi connectivity index (χ3v) is 3.55. The van der Waals surface area contributed by atoms with Gasteiger partial charge in [-0.2, -0.15) is 0 Å². The van der Waals surface area contributed by atoms with Crippen molar-refractivity contribution in [1.29, 1.82) is 0 Å². The van der Waals surface area contributed by atoms with Gasteiger partial charge in [-0.25, -0.2) is 4.79 Å². The Bertz CT molecular complexity index is 713. The Balaban J connectivity index is 1.96. The van der Waals surface area contributed by atoms with Crippen LogP contribution < -0.4 is 0 Å². The van der Waals surface area contributed by atoms with Gasteiger partial charge in [0.05, 0.1) is 7.11 Å². The summed E-state index contributed by atoms with van der Waals surface area (Å²) in [4.78, 5) is 15.3. The number of H-pyrrole nitrogens is 1. The van der Waals surface area contributed by atoms with Gasteiger partial charge >= 0.3 is 5.97 Å². The van der Waals surface area contributed by atoms with Gasteiger partial charge in [0.2, 0.25) is 0 Å². The highest BCUT2D eigenvalue weighted by Crippen LogP contribution is 2.23. The van der Waals surface area contributed by atoms with Gasteiger partial charge in [-0.05, 0) is 23.8 Å². The first-order chi connectivity index (χ1) is 9.79. The molecule has 1 atom stereocenters. The van der Waals surface area contributed by atoms with Crippen LogP contribution >= 0.6 is 0 Å². The molecule has 0 unspecified atom stereocenters. The largest absolute Gasteiger partial charge is 0.467 e. The zero-order chi connectivity index (χ0) is 13.9. The monoisotopic (exact) mass is 268 g/mol. The van der Waals surface area contributed by atoms with E-state index < -0.39 is 0 Å². The second kappa shape index (κ2) is 5.25. The van der Waals surface area contributed by atoms with Crippen molar-refractivity contribution in [3.05, 3.63) is 60.6 Å². The molecule has 0 fully saturated rings. The number of aromatic amines is 1. The summed E-state index contributed by atoms with van der Waals surface area (Å²) in [5.74, 6) is -0.230. The van der Waals surface area contributed by atoms with Crippen molar-refractivity contribution in [2.45, 2.75) is 12.5 Å². The third-order valence-electron chi connectivity index (χ3n) is 3.55. The van der Waals surface area contributed by atoms with E-state index in [1.165, 1.54) is 7.11 Å². The van der Waals surface area contributed by atoms with E-state index in [0.29, 0.717) is 6.42 Å². The average Bonchev–Trinajstić information content (AvgIpc) is 3.13. The number of ether oxygens (including phenoxy) is 1. The molecule has 3 rings (SSSR count). The van der Waals surface area contributed by atoms with Gasteiger partial charge in [0.1, 0.15) is 6.04 Å². The summed E-state index contributed by atoms with van der Waals surface area (Å²) < 4.78 is 6.81. The number of para-hydroxylation sites is 1. The maximum absolute atomic E-state index is 12.0. The van der Waals surface area contributed by atoms with Gasteiger partial charge in [-0.3, -0.25) is 0 Å². The van der Waals surface area contributed by atoms with Crippen LogP contribution in [0, 0.1) is 0 Å². The van der Waals surface area contributed by atoms with Crippen LogP contribution in [0.15, 0.2) is 55.0 Å². The van der Waals surface area contributed by atoms with E-state index in [1.54, 1.807) is 0 Å². The highest BCUT2D eigenvalue weighted by molar-refractivity contribution is 5.84. The van der Waals surface area contributed by atoms with Crippen LogP contribution in [-0.4, -0.2) is 22.6 Å². The van der Waals surface area contributed by atoms with Gasteiger partial charge in [0.15, 0.2) is 0 Å². The molecule has 1 aromatic carbocycles. The number of hydrogen-bond donors (Lipinski definition) is 1. The number of nitrogens with one attached hydrogen (secondary N) is 1. The van der Waals surface area contributed by atoms with E-state index in [1.807, 2.05) is 53.5 Å². The molecule has 0 saturated heterocycles. The van der Waals surface area contributed by atoms with Crippen LogP contribution in [0.25, 0.3) is 10.9 Å². The lowest BCUT2D eigenvalue weighted by Crippen LogP contribution is -2.21. The number of fused-ring (bicyclic) bond motifs is 1. The van der Waals surface area contributed by atoms with Crippen molar-refractivity contribution in [3.63, 3.8) is 0 Å². The number of hydrogen-bond acceptors (Lipinski definition) is 2. The number of carbonyl (C=O) groups is 1. The van der Waals surface area contributed by atoms with E-state index in [4.69, 9.17) is 4.74 Å². The lowest BCUT2D eigenvalue weighted by molar-refractivity contribution is -0.144. The van der Waals surface area contributed by atoms with Crippen LogP contribution in [0.2, 0.25) is 0 Å². The highest BCUT2D eigenvalue weighted by Gasteiger charge is 2.22. The molecule has 0 aliphatic rings. The van der Waals surface area contributed by atoms with Gasteiger partial charge in [-0.1, -0.05) is 18.2 Å². The molecule has 0 aliphatic carbocycles. The molecule has 0 radical (unpaired) electrons. The molecule has 2 aromatic heterocycles. The molecule has 0 spiro atoms. The molecule has 0 aliphatic heterocycles. The van der Waals surface area contributed by atoms with Crippen LogP contribution in [-0.2, 0) is 16.0 Å². The number of aromatic nitrogens is 2. The summed E-state index contributed by atoms with van der Waals surface area (Å²) in [5.41, 5.74) is 2.20. The van der Waals surface area contributed by atoms with Crippen molar-refractivity contribution in [2.75, 3.05) is 7.11 Å². The van der Waals surface area contributed by atoms with Crippen molar-refractivity contribution in [1.82, 2.24) is 9.55 Å².